The van der Waals surface area contributed by atoms with Crippen LogP contribution in [0.1, 0.15) is 30.1 Å². The van der Waals surface area contributed by atoms with Gasteiger partial charge in [-0.2, -0.15) is 5.10 Å². The maximum Gasteiger partial charge on any atom is 0.224 e. The number of nitrogens with one attached hydrogen (secondary N) is 2. The zero-order valence-corrected chi connectivity index (χ0v) is 12.4. The number of carbonyl (C=O) groups is 2. The van der Waals surface area contributed by atoms with E-state index in [0.717, 1.165) is 6.42 Å². The lowest BCUT2D eigenvalue weighted by molar-refractivity contribution is -0.116. The zero-order chi connectivity index (χ0) is 15.1. The van der Waals surface area contributed by atoms with Gasteiger partial charge in [-0.3, -0.25) is 14.7 Å². The summed E-state index contributed by atoms with van der Waals surface area (Å²) in [6, 6.07) is 6.90. The zero-order valence-electron chi connectivity index (χ0n) is 11.6. The van der Waals surface area contributed by atoms with Crippen LogP contribution in [0.5, 0.6) is 0 Å². The summed E-state index contributed by atoms with van der Waals surface area (Å²) in [6.07, 6.45) is 2.70. The van der Waals surface area contributed by atoms with E-state index in [-0.39, 0.29) is 17.4 Å². The molecule has 1 aromatic carbocycles. The van der Waals surface area contributed by atoms with Gasteiger partial charge in [0, 0.05) is 17.7 Å². The van der Waals surface area contributed by atoms with Crippen molar-refractivity contribution in [2.24, 2.45) is 0 Å². The second-order valence-corrected chi connectivity index (χ2v) is 5.34. The monoisotopic (exact) mass is 304 g/mol. The predicted molar refractivity (Wildman–Crippen MR) is 81.4 cm³/mol. The van der Waals surface area contributed by atoms with Gasteiger partial charge >= 0.3 is 0 Å². The fourth-order valence-electron chi connectivity index (χ4n) is 1.67. The van der Waals surface area contributed by atoms with Crippen molar-refractivity contribution >= 4 is 29.1 Å². The molecule has 0 aliphatic carbocycles. The van der Waals surface area contributed by atoms with Gasteiger partial charge in [0.25, 0.3) is 0 Å². The summed E-state index contributed by atoms with van der Waals surface area (Å²) in [7, 11) is 0. The van der Waals surface area contributed by atoms with E-state index < -0.39 is 0 Å². The molecule has 0 atom stereocenters. The van der Waals surface area contributed by atoms with Crippen molar-refractivity contribution in [2.75, 3.05) is 11.1 Å². The Morgan fingerprint density at radius 2 is 2.05 bits per heavy atom. The number of benzene rings is 1. The number of nitrogens with zero attached hydrogens (tertiary/aromatic N) is 2. The van der Waals surface area contributed by atoms with Gasteiger partial charge in [0.05, 0.1) is 5.75 Å². The maximum absolute atomic E-state index is 12.0. The van der Waals surface area contributed by atoms with Crippen LogP contribution in [0.2, 0.25) is 0 Å². The molecule has 21 heavy (non-hydrogen) atoms. The second-order valence-electron chi connectivity index (χ2n) is 4.38. The Kier molecular flexibility index (Phi) is 5.51. The molecule has 6 nitrogen and oxygen atoms in total. The van der Waals surface area contributed by atoms with Crippen molar-refractivity contribution in [1.29, 1.82) is 0 Å². The molecule has 0 saturated carbocycles. The minimum Gasteiger partial charge on any atom is -0.326 e. The van der Waals surface area contributed by atoms with Crippen LogP contribution < -0.4 is 5.32 Å². The number of thioether (sulfide) groups is 1. The van der Waals surface area contributed by atoms with E-state index in [4.69, 9.17) is 0 Å². The Morgan fingerprint density at radius 3 is 2.67 bits per heavy atom. The molecule has 0 bridgehead atoms. The van der Waals surface area contributed by atoms with E-state index in [2.05, 4.69) is 20.5 Å². The maximum atomic E-state index is 12.0. The van der Waals surface area contributed by atoms with Crippen LogP contribution in [0, 0.1) is 0 Å². The number of anilines is 1. The number of hydrogen-bond acceptors (Lipinski definition) is 5. The lowest BCUT2D eigenvalue weighted by Gasteiger charge is -2.05. The molecule has 0 spiro atoms. The topological polar surface area (TPSA) is 87.7 Å². The number of amides is 1. The third-order valence-electron chi connectivity index (χ3n) is 2.70. The highest BCUT2D eigenvalue weighted by Gasteiger charge is 2.08. The highest BCUT2D eigenvalue weighted by atomic mass is 32.2. The Labute approximate surface area is 126 Å². The molecule has 1 aromatic heterocycles. The van der Waals surface area contributed by atoms with Crippen LogP contribution in [0.15, 0.2) is 35.7 Å². The van der Waals surface area contributed by atoms with E-state index in [9.17, 15) is 9.59 Å². The van der Waals surface area contributed by atoms with Gasteiger partial charge in [0.15, 0.2) is 10.9 Å². The van der Waals surface area contributed by atoms with Gasteiger partial charge in [-0.15, -0.1) is 0 Å². The van der Waals surface area contributed by atoms with Gasteiger partial charge < -0.3 is 5.32 Å². The second kappa shape index (κ2) is 7.58. The number of hydrogen-bond donors (Lipinski definition) is 2. The van der Waals surface area contributed by atoms with Gasteiger partial charge in [-0.1, -0.05) is 18.7 Å². The smallest absolute Gasteiger partial charge is 0.224 e. The standard InChI is InChI=1S/C14H16N4O2S/c1-2-3-13(20)17-11-6-4-10(5-7-11)12(19)8-21-14-15-9-16-18-14/h4-7,9H,2-3,8H2,1H3,(H,17,20)(H,15,16,18). The predicted octanol–water partition coefficient (Wildman–Crippen LogP) is 2.52. The van der Waals surface area contributed by atoms with E-state index in [1.165, 1.54) is 18.1 Å². The van der Waals surface area contributed by atoms with Crippen LogP contribution in [0.3, 0.4) is 0 Å². The molecule has 0 radical (unpaired) electrons. The summed E-state index contributed by atoms with van der Waals surface area (Å²) in [6.45, 7) is 1.95. The average Bonchev–Trinajstić information content (AvgIpc) is 2.99. The molecular formula is C14H16N4O2S. The SMILES string of the molecule is CCCC(=O)Nc1ccc(C(=O)CSc2ncn[nH]2)cc1. The van der Waals surface area contributed by atoms with Gasteiger partial charge in [-0.25, -0.2) is 4.98 Å². The Balaban J connectivity index is 1.88. The molecule has 2 aromatic rings. The van der Waals surface area contributed by atoms with Crippen LogP contribution in [0.25, 0.3) is 0 Å². The minimum absolute atomic E-state index is 0.00262. The number of H-pyrrole nitrogens is 1. The number of Topliss-reactive ketones (excluding diaryl/α,β-unsaturated/α-hetero) is 1. The molecule has 2 N–H and O–H groups in total. The number of ketones is 1. The molecule has 0 unspecified atom stereocenters. The molecule has 0 saturated heterocycles. The fraction of sp³-hybridized carbons (Fsp3) is 0.286. The average molecular weight is 304 g/mol. The van der Waals surface area contributed by atoms with Crippen LogP contribution in [0.4, 0.5) is 5.69 Å². The van der Waals surface area contributed by atoms with Crippen molar-refractivity contribution in [3.63, 3.8) is 0 Å². The molecule has 2 rings (SSSR count). The summed E-state index contributed by atoms with van der Waals surface area (Å²) in [5.41, 5.74) is 1.31. The molecule has 0 fully saturated rings. The first kappa shape index (κ1) is 15.2. The third kappa shape index (κ3) is 4.71. The summed E-state index contributed by atoms with van der Waals surface area (Å²) in [4.78, 5) is 27.4. The third-order valence-corrected chi connectivity index (χ3v) is 3.58. The molecule has 0 aliphatic rings. The van der Waals surface area contributed by atoms with E-state index >= 15 is 0 Å². The highest BCUT2D eigenvalue weighted by Crippen LogP contribution is 2.15. The summed E-state index contributed by atoms with van der Waals surface area (Å²) in [5.74, 6) is 0.275. The summed E-state index contributed by atoms with van der Waals surface area (Å²) >= 11 is 1.30. The highest BCUT2D eigenvalue weighted by molar-refractivity contribution is 7.99. The van der Waals surface area contributed by atoms with E-state index in [1.54, 1.807) is 24.3 Å². The number of carbonyl (C=O) groups excluding carboxylic acids is 2. The quantitative estimate of drug-likeness (QED) is 0.606. The molecular weight excluding hydrogens is 288 g/mol. The summed E-state index contributed by atoms with van der Waals surface area (Å²) < 4.78 is 0. The van der Waals surface area contributed by atoms with Crippen molar-refractivity contribution in [3.05, 3.63) is 36.2 Å². The van der Waals surface area contributed by atoms with Crippen molar-refractivity contribution in [1.82, 2.24) is 15.2 Å². The van der Waals surface area contributed by atoms with Crippen molar-refractivity contribution in [3.8, 4) is 0 Å². The first-order valence-corrected chi connectivity index (χ1v) is 7.59. The van der Waals surface area contributed by atoms with Gasteiger partial charge in [-0.05, 0) is 30.7 Å². The Bertz CT molecular complexity index is 596. The number of rotatable bonds is 7. The summed E-state index contributed by atoms with van der Waals surface area (Å²) in [5, 5.41) is 9.81. The Morgan fingerprint density at radius 1 is 1.29 bits per heavy atom. The van der Waals surface area contributed by atoms with Crippen molar-refractivity contribution < 1.29 is 9.59 Å². The lowest BCUT2D eigenvalue weighted by Crippen LogP contribution is -2.10. The molecule has 1 heterocycles. The van der Waals surface area contributed by atoms with E-state index in [0.29, 0.717) is 22.8 Å². The number of aromatic nitrogens is 3. The fourth-order valence-corrected chi connectivity index (χ4v) is 2.34. The van der Waals surface area contributed by atoms with Gasteiger partial charge in [0.1, 0.15) is 6.33 Å². The Hall–Kier alpha value is -2.15. The molecule has 110 valence electrons. The van der Waals surface area contributed by atoms with Crippen LogP contribution in [-0.2, 0) is 4.79 Å². The molecule has 1 amide bonds. The molecule has 0 aliphatic heterocycles. The van der Waals surface area contributed by atoms with Crippen LogP contribution >= 0.6 is 11.8 Å². The number of aromatic amines is 1. The first-order valence-electron chi connectivity index (χ1n) is 6.60. The minimum atomic E-state index is -0.0162. The lowest BCUT2D eigenvalue weighted by atomic mass is 10.1. The van der Waals surface area contributed by atoms with Crippen LogP contribution in [-0.4, -0.2) is 32.6 Å². The normalized spacial score (nSPS) is 10.3. The first-order chi connectivity index (χ1) is 10.2. The van der Waals surface area contributed by atoms with Crippen molar-refractivity contribution in [2.45, 2.75) is 24.9 Å². The molecule has 7 heteroatoms. The van der Waals surface area contributed by atoms with E-state index in [1.807, 2.05) is 6.92 Å². The van der Waals surface area contributed by atoms with Gasteiger partial charge in [0.2, 0.25) is 5.91 Å². The largest absolute Gasteiger partial charge is 0.326 e.